The molecule has 384 valence electrons. The van der Waals surface area contributed by atoms with Crippen LogP contribution in [-0.2, 0) is 28.6 Å². The van der Waals surface area contributed by atoms with Gasteiger partial charge in [0.25, 0.3) is 0 Å². The average Bonchev–Trinajstić information content (AvgIpc) is 3.97. The van der Waals surface area contributed by atoms with E-state index in [4.69, 9.17) is 37.9 Å². The Morgan fingerprint density at radius 1 is 0.571 bits per heavy atom. The van der Waals surface area contributed by atoms with Crippen molar-refractivity contribution in [2.24, 2.45) is 11.8 Å². The summed E-state index contributed by atoms with van der Waals surface area (Å²) in [6.07, 6.45) is 27.6. The topological polar surface area (TPSA) is 125 Å². The second-order valence-corrected chi connectivity index (χ2v) is 19.6. The zero-order valence-electron chi connectivity index (χ0n) is 43.8. The quantitative estimate of drug-likeness (QED) is 0.0321. The summed E-state index contributed by atoms with van der Waals surface area (Å²) in [4.78, 5) is 39.4. The lowest BCUT2D eigenvalue weighted by Crippen LogP contribution is -2.36. The summed E-state index contributed by atoms with van der Waals surface area (Å²) in [6, 6.07) is 7.45. The third-order valence-corrected chi connectivity index (χ3v) is 13.7. The zero-order chi connectivity index (χ0) is 50.4. The summed E-state index contributed by atoms with van der Waals surface area (Å²) in [5, 5.41) is 0. The highest BCUT2D eigenvalue weighted by atomic mass is 16.7. The number of hydrogen-bond donors (Lipinski definition) is 0. The van der Waals surface area contributed by atoms with Gasteiger partial charge in [0.1, 0.15) is 6.10 Å². The molecule has 1 fully saturated rings. The van der Waals surface area contributed by atoms with Crippen molar-refractivity contribution in [3.63, 3.8) is 0 Å². The van der Waals surface area contributed by atoms with Crippen molar-refractivity contribution >= 4 is 17.9 Å². The molecule has 0 radical (unpaired) electrons. The van der Waals surface area contributed by atoms with E-state index in [1.165, 1.54) is 27.9 Å². The molecular weight excluding hydrogens is 885 g/mol. The van der Waals surface area contributed by atoms with Crippen molar-refractivity contribution in [2.75, 3.05) is 41.3 Å². The SMILES string of the molecule is COc1cc([C@@H]2c3cc4c(cc3[C@H](OC(=O)CCCCCCCCC(=O)OCCC/C(C)=C/CC/C(C)=C/CC/C=C(\C)CC/C=C(\C)CCC=C(C)C)[C@H]3COC(=O)[C@H]23)OCO4)cc(OC)c1OC. The van der Waals surface area contributed by atoms with Crippen LogP contribution in [0.2, 0.25) is 0 Å². The number of fused-ring (bicyclic) bond motifs is 3. The van der Waals surface area contributed by atoms with Crippen molar-refractivity contribution in [1.82, 2.24) is 0 Å². The summed E-state index contributed by atoms with van der Waals surface area (Å²) < 4.78 is 45.9. The molecule has 2 aliphatic heterocycles. The third kappa shape index (κ3) is 16.9. The van der Waals surface area contributed by atoms with Crippen molar-refractivity contribution in [2.45, 2.75) is 169 Å². The first-order valence-electron chi connectivity index (χ1n) is 25.8. The van der Waals surface area contributed by atoms with E-state index in [-0.39, 0.29) is 37.7 Å². The smallest absolute Gasteiger partial charge is 0.310 e. The van der Waals surface area contributed by atoms with E-state index in [9.17, 15) is 14.4 Å². The predicted molar refractivity (Wildman–Crippen MR) is 276 cm³/mol. The van der Waals surface area contributed by atoms with Gasteiger partial charge in [0.15, 0.2) is 23.0 Å². The van der Waals surface area contributed by atoms with Gasteiger partial charge in [0.05, 0.1) is 40.5 Å². The number of unbranched alkanes of at least 4 members (excludes halogenated alkanes) is 6. The number of ether oxygens (including phenoxy) is 8. The Kier molecular flexibility index (Phi) is 23.0. The van der Waals surface area contributed by atoms with E-state index in [2.05, 4.69) is 71.9 Å². The first kappa shape index (κ1) is 55.5. The number of carbonyl (C=O) groups is 3. The molecule has 11 nitrogen and oxygen atoms in total. The first-order chi connectivity index (χ1) is 33.8. The molecular formula is C59H82O11. The molecule has 0 amide bonds. The third-order valence-electron chi connectivity index (χ3n) is 13.7. The number of cyclic esters (lactones) is 1. The number of hydrogen-bond acceptors (Lipinski definition) is 11. The van der Waals surface area contributed by atoms with Crippen LogP contribution in [-0.4, -0.2) is 59.2 Å². The lowest BCUT2D eigenvalue weighted by atomic mass is 9.66. The first-order valence-corrected chi connectivity index (χ1v) is 25.8. The van der Waals surface area contributed by atoms with Gasteiger partial charge in [0, 0.05) is 30.2 Å². The monoisotopic (exact) mass is 967 g/mol. The van der Waals surface area contributed by atoms with Gasteiger partial charge >= 0.3 is 17.9 Å². The van der Waals surface area contributed by atoms with Crippen molar-refractivity contribution in [3.8, 4) is 28.7 Å². The summed E-state index contributed by atoms with van der Waals surface area (Å²) in [6.45, 7) is 13.9. The predicted octanol–water partition coefficient (Wildman–Crippen LogP) is 14.3. The normalized spacial score (nSPS) is 18.7. The molecule has 2 aromatic carbocycles. The molecule has 0 aromatic heterocycles. The Labute approximate surface area is 419 Å². The molecule has 0 bridgehead atoms. The van der Waals surface area contributed by atoms with E-state index in [0.717, 1.165) is 113 Å². The highest BCUT2D eigenvalue weighted by Gasteiger charge is 2.54. The summed E-state index contributed by atoms with van der Waals surface area (Å²) >= 11 is 0. The van der Waals surface area contributed by atoms with Gasteiger partial charge in [0.2, 0.25) is 12.5 Å². The maximum atomic E-state index is 13.5. The van der Waals surface area contributed by atoms with Crippen LogP contribution in [0.5, 0.6) is 28.7 Å². The Balaban J connectivity index is 0.945. The number of rotatable bonds is 30. The molecule has 2 heterocycles. The van der Waals surface area contributed by atoms with Gasteiger partial charge in [-0.3, -0.25) is 14.4 Å². The van der Waals surface area contributed by atoms with E-state index >= 15 is 0 Å². The number of benzene rings is 2. The second-order valence-electron chi connectivity index (χ2n) is 19.6. The molecule has 3 aliphatic rings. The van der Waals surface area contributed by atoms with E-state index in [1.807, 2.05) is 24.3 Å². The Hall–Kier alpha value is -5.45. The number of carbonyl (C=O) groups excluding carboxylic acids is 3. The Morgan fingerprint density at radius 2 is 1.09 bits per heavy atom. The minimum Gasteiger partial charge on any atom is -0.493 e. The molecule has 4 atom stereocenters. The van der Waals surface area contributed by atoms with Crippen LogP contribution < -0.4 is 23.7 Å². The van der Waals surface area contributed by atoms with Gasteiger partial charge in [-0.2, -0.15) is 0 Å². The van der Waals surface area contributed by atoms with Crippen molar-refractivity contribution in [3.05, 3.63) is 99.2 Å². The molecule has 70 heavy (non-hydrogen) atoms. The molecule has 0 N–H and O–H groups in total. The van der Waals surface area contributed by atoms with Crippen LogP contribution >= 0.6 is 0 Å². The molecule has 5 rings (SSSR count). The maximum absolute atomic E-state index is 13.5. The largest absolute Gasteiger partial charge is 0.493 e. The fourth-order valence-corrected chi connectivity index (χ4v) is 9.75. The van der Waals surface area contributed by atoms with E-state index in [1.54, 1.807) is 21.3 Å². The highest BCUT2D eigenvalue weighted by molar-refractivity contribution is 5.79. The van der Waals surface area contributed by atoms with Crippen LogP contribution in [0.4, 0.5) is 0 Å². The zero-order valence-corrected chi connectivity index (χ0v) is 43.8. The lowest BCUT2D eigenvalue weighted by Gasteiger charge is -2.38. The fourth-order valence-electron chi connectivity index (χ4n) is 9.75. The molecule has 0 spiro atoms. The molecule has 1 aliphatic carbocycles. The van der Waals surface area contributed by atoms with Gasteiger partial charge < -0.3 is 37.9 Å². The molecule has 0 unspecified atom stereocenters. The second kappa shape index (κ2) is 29.0. The minimum absolute atomic E-state index is 0.0728. The summed E-state index contributed by atoms with van der Waals surface area (Å²) in [5.74, 6) is 0.151. The van der Waals surface area contributed by atoms with E-state index in [0.29, 0.717) is 48.2 Å². The lowest BCUT2D eigenvalue weighted by molar-refractivity contribution is -0.154. The van der Waals surface area contributed by atoms with Gasteiger partial charge in [-0.05, 0) is 154 Å². The molecule has 11 heteroatoms. The summed E-state index contributed by atoms with van der Waals surface area (Å²) in [5.41, 5.74) is 9.47. The summed E-state index contributed by atoms with van der Waals surface area (Å²) in [7, 11) is 4.65. The minimum atomic E-state index is -0.711. The van der Waals surface area contributed by atoms with Crippen LogP contribution in [0.3, 0.4) is 0 Å². The Bertz CT molecular complexity index is 2180. The van der Waals surface area contributed by atoms with Gasteiger partial charge in [-0.15, -0.1) is 0 Å². The van der Waals surface area contributed by atoms with Crippen LogP contribution in [0.15, 0.2) is 82.5 Å². The maximum Gasteiger partial charge on any atom is 0.310 e. The van der Waals surface area contributed by atoms with Crippen LogP contribution in [0.25, 0.3) is 0 Å². The molecule has 2 aromatic rings. The Morgan fingerprint density at radius 3 is 1.64 bits per heavy atom. The fraction of sp³-hybridized carbons (Fsp3) is 0.576. The van der Waals surface area contributed by atoms with Gasteiger partial charge in [-0.1, -0.05) is 83.9 Å². The number of esters is 3. The standard InChI is InChI=1S/C59H82O11/c1-40(2)22-18-25-43(5)28-19-26-41(3)23-16-17-24-42(4)27-20-29-44(6)30-21-33-66-53(60)31-14-12-10-11-13-15-32-54(61)70-57-47-37-50-49(68-39-69-50)36-46(47)55(56-48(57)38-67-59(56)62)45-34-51(63-7)58(65-9)52(35-45)64-8/h22-24,28-29,34-37,48,55-57H,10-21,25-27,30-33,38-39H2,1-9H3/b41-23+,42-24+,43-28+,44-29+/t48-,55+,56-,57-/m0/s1. The van der Waals surface area contributed by atoms with Crippen LogP contribution in [0, 0.1) is 11.8 Å². The van der Waals surface area contributed by atoms with Gasteiger partial charge in [-0.25, -0.2) is 0 Å². The van der Waals surface area contributed by atoms with Crippen molar-refractivity contribution < 1.29 is 52.3 Å². The highest BCUT2D eigenvalue weighted by Crippen LogP contribution is 2.56. The average molecular weight is 967 g/mol. The number of methoxy groups -OCH3 is 3. The van der Waals surface area contributed by atoms with Crippen molar-refractivity contribution in [1.29, 1.82) is 0 Å². The van der Waals surface area contributed by atoms with E-state index < -0.39 is 23.9 Å². The van der Waals surface area contributed by atoms with Crippen LogP contribution in [0.1, 0.15) is 186 Å². The molecule has 0 saturated carbocycles. The molecule has 1 saturated heterocycles. The number of allylic oxidation sites excluding steroid dienone is 10.